The number of aromatic nitrogens is 3. The minimum Gasteiger partial charge on any atom is -0.326 e. The average molecular weight is 443 g/mol. The lowest BCUT2D eigenvalue weighted by atomic mass is 10.1. The number of carbonyl (C=O) groups is 1. The standard InChI is InChI=1S/C26H26N4OS/c1-19-15-16-22(18-20(19)2)27-24(31)14-9-17-32-26-29-28-25(21-10-5-3-6-11-21)30(26)23-12-7-4-8-13-23/h3-8,10-13,15-16,18H,9,14,17H2,1-2H3,(H,27,31). The largest absolute Gasteiger partial charge is 0.326 e. The Morgan fingerprint density at radius 1 is 0.906 bits per heavy atom. The molecule has 0 saturated carbocycles. The number of hydrogen-bond donors (Lipinski definition) is 1. The molecule has 1 N–H and O–H groups in total. The summed E-state index contributed by atoms with van der Waals surface area (Å²) in [6, 6.07) is 26.2. The number of nitrogens with zero attached hydrogens (tertiary/aromatic N) is 3. The van der Waals surface area contributed by atoms with Crippen LogP contribution in [0.15, 0.2) is 84.0 Å². The number of carbonyl (C=O) groups excluding carboxylic acids is 1. The first-order valence-corrected chi connectivity index (χ1v) is 11.7. The van der Waals surface area contributed by atoms with Crippen LogP contribution in [0.5, 0.6) is 0 Å². The van der Waals surface area contributed by atoms with Crippen LogP contribution in [0.3, 0.4) is 0 Å². The van der Waals surface area contributed by atoms with Crippen LogP contribution < -0.4 is 5.32 Å². The maximum atomic E-state index is 12.3. The summed E-state index contributed by atoms with van der Waals surface area (Å²) in [6.45, 7) is 4.11. The zero-order valence-electron chi connectivity index (χ0n) is 18.3. The van der Waals surface area contributed by atoms with Crippen LogP contribution in [-0.2, 0) is 4.79 Å². The first-order valence-electron chi connectivity index (χ1n) is 10.7. The van der Waals surface area contributed by atoms with E-state index in [1.165, 1.54) is 11.1 Å². The molecule has 0 aliphatic heterocycles. The predicted octanol–water partition coefficient (Wildman–Crippen LogP) is 6.06. The molecule has 0 bridgehead atoms. The SMILES string of the molecule is Cc1ccc(NC(=O)CCCSc2nnc(-c3ccccc3)n2-c2ccccc2)cc1C. The summed E-state index contributed by atoms with van der Waals surface area (Å²) >= 11 is 1.62. The predicted molar refractivity (Wildman–Crippen MR) is 131 cm³/mol. The Labute approximate surface area is 192 Å². The highest BCUT2D eigenvalue weighted by molar-refractivity contribution is 7.99. The number of rotatable bonds is 8. The summed E-state index contributed by atoms with van der Waals surface area (Å²) < 4.78 is 2.08. The average Bonchev–Trinajstić information content (AvgIpc) is 3.24. The van der Waals surface area contributed by atoms with Crippen molar-refractivity contribution in [1.29, 1.82) is 0 Å². The molecule has 5 nitrogen and oxygen atoms in total. The van der Waals surface area contributed by atoms with Crippen LogP contribution >= 0.6 is 11.8 Å². The van der Waals surface area contributed by atoms with Gasteiger partial charge in [0, 0.05) is 29.1 Å². The van der Waals surface area contributed by atoms with E-state index in [0.29, 0.717) is 6.42 Å². The number of thioether (sulfide) groups is 1. The molecule has 32 heavy (non-hydrogen) atoms. The molecule has 0 radical (unpaired) electrons. The number of para-hydroxylation sites is 1. The molecule has 1 amide bonds. The highest BCUT2D eigenvalue weighted by atomic mass is 32.2. The Morgan fingerprint density at radius 2 is 1.62 bits per heavy atom. The van der Waals surface area contributed by atoms with Crippen molar-refractivity contribution in [1.82, 2.24) is 14.8 Å². The summed E-state index contributed by atoms with van der Waals surface area (Å²) in [7, 11) is 0. The Bertz CT molecular complexity index is 1190. The van der Waals surface area contributed by atoms with E-state index in [4.69, 9.17) is 0 Å². The van der Waals surface area contributed by atoms with E-state index in [0.717, 1.165) is 40.1 Å². The van der Waals surface area contributed by atoms with Crippen molar-refractivity contribution in [2.24, 2.45) is 0 Å². The number of anilines is 1. The molecule has 162 valence electrons. The topological polar surface area (TPSA) is 59.8 Å². The fourth-order valence-electron chi connectivity index (χ4n) is 3.39. The Hall–Kier alpha value is -3.38. The van der Waals surface area contributed by atoms with Gasteiger partial charge in [-0.15, -0.1) is 10.2 Å². The van der Waals surface area contributed by atoms with E-state index in [1.54, 1.807) is 11.8 Å². The van der Waals surface area contributed by atoms with Gasteiger partial charge in [0.1, 0.15) is 0 Å². The van der Waals surface area contributed by atoms with Crippen LogP contribution in [0.1, 0.15) is 24.0 Å². The second-order valence-corrected chi connectivity index (χ2v) is 8.70. The van der Waals surface area contributed by atoms with E-state index in [9.17, 15) is 4.79 Å². The van der Waals surface area contributed by atoms with Crippen LogP contribution in [0, 0.1) is 13.8 Å². The van der Waals surface area contributed by atoms with Gasteiger partial charge in [-0.25, -0.2) is 0 Å². The molecule has 0 spiro atoms. The molecule has 1 heterocycles. The summed E-state index contributed by atoms with van der Waals surface area (Å²) in [6.07, 6.45) is 1.22. The summed E-state index contributed by atoms with van der Waals surface area (Å²) in [4.78, 5) is 12.3. The molecule has 4 rings (SSSR count). The summed E-state index contributed by atoms with van der Waals surface area (Å²) in [5.74, 6) is 1.62. The zero-order chi connectivity index (χ0) is 22.3. The minimum atomic E-state index is 0.0309. The van der Waals surface area contributed by atoms with E-state index >= 15 is 0 Å². The molecular weight excluding hydrogens is 416 g/mol. The smallest absolute Gasteiger partial charge is 0.224 e. The molecule has 0 aliphatic carbocycles. The maximum Gasteiger partial charge on any atom is 0.224 e. The number of amides is 1. The van der Waals surface area contributed by atoms with Crippen LogP contribution in [0.4, 0.5) is 5.69 Å². The molecular formula is C26H26N4OS. The fraction of sp³-hybridized carbons (Fsp3) is 0.192. The Balaban J connectivity index is 1.40. The molecule has 6 heteroatoms. The molecule has 0 unspecified atom stereocenters. The van der Waals surface area contributed by atoms with E-state index in [1.807, 2.05) is 73.7 Å². The lowest BCUT2D eigenvalue weighted by Gasteiger charge is -2.10. The molecule has 4 aromatic rings. The van der Waals surface area contributed by atoms with Crippen molar-refractivity contribution in [3.63, 3.8) is 0 Å². The Kier molecular flexibility index (Phi) is 7.02. The first kappa shape index (κ1) is 21.8. The first-order chi connectivity index (χ1) is 15.6. The molecule has 0 atom stereocenters. The molecule has 0 saturated heterocycles. The molecule has 0 aliphatic rings. The van der Waals surface area contributed by atoms with Crippen molar-refractivity contribution < 1.29 is 4.79 Å². The summed E-state index contributed by atoms with van der Waals surface area (Å²) in [5.41, 5.74) is 5.28. The van der Waals surface area contributed by atoms with Gasteiger partial charge in [0.2, 0.25) is 5.91 Å². The fourth-order valence-corrected chi connectivity index (χ4v) is 4.28. The third-order valence-corrected chi connectivity index (χ3v) is 6.26. The van der Waals surface area contributed by atoms with Gasteiger partial charge < -0.3 is 5.32 Å². The van der Waals surface area contributed by atoms with E-state index < -0.39 is 0 Å². The zero-order valence-corrected chi connectivity index (χ0v) is 19.1. The number of nitrogens with one attached hydrogen (secondary N) is 1. The number of hydrogen-bond acceptors (Lipinski definition) is 4. The van der Waals surface area contributed by atoms with Gasteiger partial charge in [-0.3, -0.25) is 9.36 Å². The van der Waals surface area contributed by atoms with Crippen LogP contribution in [0.25, 0.3) is 17.1 Å². The van der Waals surface area contributed by atoms with Gasteiger partial charge in [0.05, 0.1) is 0 Å². The highest BCUT2D eigenvalue weighted by Crippen LogP contribution is 2.28. The van der Waals surface area contributed by atoms with Crippen LogP contribution in [-0.4, -0.2) is 26.4 Å². The minimum absolute atomic E-state index is 0.0309. The van der Waals surface area contributed by atoms with Crippen molar-refractivity contribution in [2.75, 3.05) is 11.1 Å². The van der Waals surface area contributed by atoms with Crippen molar-refractivity contribution in [3.8, 4) is 17.1 Å². The monoisotopic (exact) mass is 442 g/mol. The lowest BCUT2D eigenvalue weighted by molar-refractivity contribution is -0.116. The number of aryl methyl sites for hydroxylation is 2. The van der Waals surface area contributed by atoms with E-state index in [2.05, 4.69) is 39.1 Å². The normalized spacial score (nSPS) is 10.8. The van der Waals surface area contributed by atoms with Crippen molar-refractivity contribution >= 4 is 23.4 Å². The second kappa shape index (κ2) is 10.3. The van der Waals surface area contributed by atoms with Gasteiger partial charge in [-0.1, -0.05) is 66.4 Å². The third kappa shape index (κ3) is 5.26. The third-order valence-electron chi connectivity index (χ3n) is 5.25. The van der Waals surface area contributed by atoms with Crippen molar-refractivity contribution in [2.45, 2.75) is 31.8 Å². The summed E-state index contributed by atoms with van der Waals surface area (Å²) in [5, 5.41) is 12.7. The molecule has 3 aromatic carbocycles. The van der Waals surface area contributed by atoms with Gasteiger partial charge in [-0.2, -0.15) is 0 Å². The van der Waals surface area contributed by atoms with Gasteiger partial charge in [0.15, 0.2) is 11.0 Å². The molecule has 1 aromatic heterocycles. The Morgan fingerprint density at radius 3 is 2.34 bits per heavy atom. The molecule has 0 fully saturated rings. The van der Waals surface area contributed by atoms with Crippen LogP contribution in [0.2, 0.25) is 0 Å². The highest BCUT2D eigenvalue weighted by Gasteiger charge is 2.16. The quantitative estimate of drug-likeness (QED) is 0.266. The van der Waals surface area contributed by atoms with Gasteiger partial charge in [-0.05, 0) is 55.7 Å². The lowest BCUT2D eigenvalue weighted by Crippen LogP contribution is -2.11. The van der Waals surface area contributed by atoms with Gasteiger partial charge in [0.25, 0.3) is 0 Å². The van der Waals surface area contributed by atoms with Gasteiger partial charge >= 0.3 is 0 Å². The number of benzene rings is 3. The maximum absolute atomic E-state index is 12.3. The van der Waals surface area contributed by atoms with Crippen molar-refractivity contribution in [3.05, 3.63) is 90.0 Å². The van der Waals surface area contributed by atoms with E-state index in [-0.39, 0.29) is 5.91 Å². The second-order valence-electron chi connectivity index (χ2n) is 7.64.